The Morgan fingerprint density at radius 1 is 1.40 bits per heavy atom. The summed E-state index contributed by atoms with van der Waals surface area (Å²) in [5.74, 6) is -1.28. The van der Waals surface area contributed by atoms with Crippen molar-refractivity contribution in [3.8, 4) is 0 Å². The minimum atomic E-state index is -4.69. The number of hydrogen-bond acceptors (Lipinski definition) is 4. The number of carboxylic acid groups (broad SMARTS) is 1. The van der Waals surface area contributed by atoms with E-state index in [9.17, 15) is 26.4 Å². The maximum absolute atomic E-state index is 11.8. The normalized spacial score (nSPS) is 12.4. The molecule has 112 valence electrons. The second-order valence-corrected chi connectivity index (χ2v) is 5.91. The Kier molecular flexibility index (Phi) is 5.13. The topological polar surface area (TPSA) is 92.7 Å². The van der Waals surface area contributed by atoms with Gasteiger partial charge in [0, 0.05) is 4.47 Å². The highest BCUT2D eigenvalue weighted by Crippen LogP contribution is 2.23. The standard InChI is InChI=1S/C9H7BrF3NO5S/c10-6-3-5(8(15)16)1-2-7(6)20(17,18)14-19-4-9(11,12)13/h1-3,14H,4H2,(H,15,16). The van der Waals surface area contributed by atoms with E-state index >= 15 is 0 Å². The lowest BCUT2D eigenvalue weighted by Crippen LogP contribution is -2.29. The van der Waals surface area contributed by atoms with Gasteiger partial charge in [-0.15, -0.1) is 0 Å². The van der Waals surface area contributed by atoms with E-state index in [0.717, 1.165) is 18.2 Å². The predicted octanol–water partition coefficient (Wildman–Crippen LogP) is 1.92. The third-order valence-electron chi connectivity index (χ3n) is 1.87. The fourth-order valence-electron chi connectivity index (χ4n) is 1.09. The average Bonchev–Trinajstić information content (AvgIpc) is 2.26. The molecule has 0 aliphatic rings. The van der Waals surface area contributed by atoms with Gasteiger partial charge in [0.05, 0.1) is 10.5 Å². The number of alkyl halides is 3. The van der Waals surface area contributed by atoms with Gasteiger partial charge in [-0.2, -0.15) is 13.2 Å². The molecule has 0 saturated heterocycles. The molecule has 1 rings (SSSR count). The summed E-state index contributed by atoms with van der Waals surface area (Å²) in [4.78, 5) is 15.4. The van der Waals surface area contributed by atoms with E-state index in [0.29, 0.717) is 0 Å². The van der Waals surface area contributed by atoms with Crippen LogP contribution >= 0.6 is 15.9 Å². The number of nitrogens with one attached hydrogen (secondary N) is 1. The number of hydrogen-bond donors (Lipinski definition) is 2. The molecule has 0 spiro atoms. The van der Waals surface area contributed by atoms with Gasteiger partial charge in [0.2, 0.25) is 0 Å². The van der Waals surface area contributed by atoms with Gasteiger partial charge in [-0.05, 0) is 34.1 Å². The lowest BCUT2D eigenvalue weighted by Gasteiger charge is -2.10. The number of rotatable bonds is 5. The van der Waals surface area contributed by atoms with Crippen molar-refractivity contribution < 1.29 is 36.3 Å². The van der Waals surface area contributed by atoms with Gasteiger partial charge in [-0.25, -0.2) is 13.2 Å². The van der Waals surface area contributed by atoms with E-state index in [4.69, 9.17) is 5.11 Å². The molecule has 2 N–H and O–H groups in total. The number of aromatic carboxylic acids is 1. The quantitative estimate of drug-likeness (QED) is 0.764. The van der Waals surface area contributed by atoms with E-state index < -0.39 is 33.7 Å². The summed E-state index contributed by atoms with van der Waals surface area (Å²) in [5, 5.41) is 8.70. The second-order valence-electron chi connectivity index (χ2n) is 3.44. The number of benzene rings is 1. The van der Waals surface area contributed by atoms with Crippen molar-refractivity contribution in [2.75, 3.05) is 6.61 Å². The van der Waals surface area contributed by atoms with Crippen LogP contribution in [-0.2, 0) is 14.9 Å². The fourth-order valence-corrected chi connectivity index (χ4v) is 2.97. The summed E-state index contributed by atoms with van der Waals surface area (Å²) >= 11 is 2.82. The zero-order chi connectivity index (χ0) is 15.6. The first-order chi connectivity index (χ1) is 9.03. The molecular formula is C9H7BrF3NO5S. The molecule has 0 aliphatic carbocycles. The summed E-state index contributed by atoms with van der Waals surface area (Å²) < 4.78 is 58.6. The highest BCUT2D eigenvalue weighted by Gasteiger charge is 2.29. The minimum Gasteiger partial charge on any atom is -0.478 e. The third-order valence-corrected chi connectivity index (χ3v) is 4.06. The first-order valence-electron chi connectivity index (χ1n) is 4.76. The van der Waals surface area contributed by atoms with Crippen molar-refractivity contribution in [3.63, 3.8) is 0 Å². The van der Waals surface area contributed by atoms with Crippen molar-refractivity contribution in [1.29, 1.82) is 0 Å². The summed E-state index contributed by atoms with van der Waals surface area (Å²) in [6.45, 7) is -1.79. The Morgan fingerprint density at radius 3 is 2.45 bits per heavy atom. The van der Waals surface area contributed by atoms with Crippen LogP contribution in [-0.4, -0.2) is 32.3 Å². The zero-order valence-corrected chi connectivity index (χ0v) is 11.8. The lowest BCUT2D eigenvalue weighted by molar-refractivity contribution is -0.181. The Balaban J connectivity index is 2.91. The monoisotopic (exact) mass is 377 g/mol. The maximum Gasteiger partial charge on any atom is 0.413 e. The van der Waals surface area contributed by atoms with Gasteiger partial charge in [-0.1, -0.05) is 4.89 Å². The minimum absolute atomic E-state index is 0.125. The van der Waals surface area contributed by atoms with Gasteiger partial charge in [0.15, 0.2) is 6.61 Å². The lowest BCUT2D eigenvalue weighted by atomic mass is 10.2. The van der Waals surface area contributed by atoms with Crippen LogP contribution in [0.15, 0.2) is 27.6 Å². The van der Waals surface area contributed by atoms with Gasteiger partial charge < -0.3 is 5.11 Å². The zero-order valence-electron chi connectivity index (χ0n) is 9.44. The van der Waals surface area contributed by atoms with E-state index in [1.54, 1.807) is 0 Å². The van der Waals surface area contributed by atoms with Crippen LogP contribution in [0.1, 0.15) is 10.4 Å². The first kappa shape index (κ1) is 16.9. The van der Waals surface area contributed by atoms with Gasteiger partial charge in [0.1, 0.15) is 0 Å². The van der Waals surface area contributed by atoms with Crippen LogP contribution in [0.4, 0.5) is 13.2 Å². The Bertz CT molecular complexity index is 616. The van der Waals surface area contributed by atoms with Crippen LogP contribution in [0, 0.1) is 0 Å². The highest BCUT2D eigenvalue weighted by molar-refractivity contribution is 9.10. The molecule has 11 heteroatoms. The summed E-state index contributed by atoms with van der Waals surface area (Å²) in [6, 6.07) is 2.92. The van der Waals surface area contributed by atoms with Crippen LogP contribution in [0.25, 0.3) is 0 Å². The molecule has 0 aromatic heterocycles. The van der Waals surface area contributed by atoms with E-state index in [-0.39, 0.29) is 10.0 Å². The van der Waals surface area contributed by atoms with Crippen molar-refractivity contribution in [2.45, 2.75) is 11.1 Å². The summed E-state index contributed by atoms with van der Waals surface area (Å²) in [5.41, 5.74) is -0.188. The molecule has 6 nitrogen and oxygen atoms in total. The smallest absolute Gasteiger partial charge is 0.413 e. The van der Waals surface area contributed by atoms with Crippen molar-refractivity contribution in [3.05, 3.63) is 28.2 Å². The fraction of sp³-hybridized carbons (Fsp3) is 0.222. The van der Waals surface area contributed by atoms with E-state index in [1.807, 2.05) is 0 Å². The molecule has 0 amide bonds. The Labute approximate surface area is 119 Å². The van der Waals surface area contributed by atoms with Gasteiger partial charge in [-0.3, -0.25) is 4.84 Å². The highest BCUT2D eigenvalue weighted by atomic mass is 79.9. The molecule has 0 unspecified atom stereocenters. The number of halogens is 4. The van der Waals surface area contributed by atoms with E-state index in [2.05, 4.69) is 20.8 Å². The molecule has 1 aromatic rings. The summed E-state index contributed by atoms with van der Waals surface area (Å²) in [7, 11) is -4.37. The third kappa shape index (κ3) is 4.74. The first-order valence-corrected chi connectivity index (χ1v) is 7.04. The predicted molar refractivity (Wildman–Crippen MR) is 63.4 cm³/mol. The Morgan fingerprint density at radius 2 is 2.00 bits per heavy atom. The molecule has 0 bridgehead atoms. The molecule has 0 aliphatic heterocycles. The van der Waals surface area contributed by atoms with Gasteiger partial charge in [0.25, 0.3) is 10.0 Å². The van der Waals surface area contributed by atoms with Crippen molar-refractivity contribution >= 4 is 31.9 Å². The largest absolute Gasteiger partial charge is 0.478 e. The summed E-state index contributed by atoms with van der Waals surface area (Å²) in [6.07, 6.45) is -4.69. The van der Waals surface area contributed by atoms with E-state index in [1.165, 1.54) is 4.89 Å². The average molecular weight is 378 g/mol. The number of carboxylic acids is 1. The van der Waals surface area contributed by atoms with Crippen molar-refractivity contribution in [1.82, 2.24) is 4.89 Å². The molecule has 0 heterocycles. The van der Waals surface area contributed by atoms with Crippen LogP contribution in [0.5, 0.6) is 0 Å². The molecular weight excluding hydrogens is 371 g/mol. The van der Waals surface area contributed by atoms with Crippen LogP contribution in [0.2, 0.25) is 0 Å². The van der Waals surface area contributed by atoms with Gasteiger partial charge >= 0.3 is 12.1 Å². The van der Waals surface area contributed by atoms with Crippen molar-refractivity contribution in [2.24, 2.45) is 0 Å². The number of carbonyl (C=O) groups is 1. The van der Waals surface area contributed by atoms with Crippen LogP contribution in [0.3, 0.4) is 0 Å². The molecule has 20 heavy (non-hydrogen) atoms. The molecule has 0 saturated carbocycles. The molecule has 0 fully saturated rings. The molecule has 0 atom stereocenters. The maximum atomic E-state index is 11.8. The van der Waals surface area contributed by atoms with Crippen LogP contribution < -0.4 is 4.89 Å². The second kappa shape index (κ2) is 6.08. The Hall–Kier alpha value is -1.17. The number of sulfonamides is 1. The molecule has 1 aromatic carbocycles. The SMILES string of the molecule is O=C(O)c1ccc(S(=O)(=O)NOCC(F)(F)F)c(Br)c1. The molecule has 0 radical (unpaired) electrons.